The fourth-order valence-corrected chi connectivity index (χ4v) is 2.79. The van der Waals surface area contributed by atoms with Gasteiger partial charge in [-0.15, -0.1) is 0 Å². The van der Waals surface area contributed by atoms with Crippen LogP contribution in [0.2, 0.25) is 5.15 Å². The summed E-state index contributed by atoms with van der Waals surface area (Å²) in [6.45, 7) is 0. The lowest BCUT2D eigenvalue weighted by atomic mass is 10.1. The highest BCUT2D eigenvalue weighted by Crippen LogP contribution is 2.23. The van der Waals surface area contributed by atoms with E-state index in [1.165, 1.54) is 25.5 Å². The standard InChI is InChI=1S/C19H15ClN4O4/c1-28-17(12-5-3-2-4-6-12)19(25)23-21-11-14-9-13-7-8-15(24(26)27)10-16(13)22-18(14)20/h2-11,17H,1H3,(H,23,25)/b21-11-/t17-/m1/s1. The number of ether oxygens (including phenoxy) is 1. The van der Waals surface area contributed by atoms with Crippen LogP contribution in [-0.2, 0) is 9.53 Å². The predicted molar refractivity (Wildman–Crippen MR) is 105 cm³/mol. The van der Waals surface area contributed by atoms with Crippen LogP contribution in [0, 0.1) is 10.1 Å². The van der Waals surface area contributed by atoms with E-state index >= 15 is 0 Å². The Bertz CT molecular complexity index is 1060. The second-order valence-electron chi connectivity index (χ2n) is 5.76. The molecule has 142 valence electrons. The van der Waals surface area contributed by atoms with E-state index in [1.54, 1.807) is 24.3 Å². The van der Waals surface area contributed by atoms with E-state index in [0.29, 0.717) is 22.0 Å². The van der Waals surface area contributed by atoms with Gasteiger partial charge in [0.1, 0.15) is 5.15 Å². The first-order valence-corrected chi connectivity index (χ1v) is 8.52. The minimum Gasteiger partial charge on any atom is -0.367 e. The molecule has 1 aromatic heterocycles. The molecule has 0 aliphatic rings. The molecule has 1 N–H and O–H groups in total. The maximum Gasteiger partial charge on any atom is 0.273 e. The van der Waals surface area contributed by atoms with Crippen molar-refractivity contribution in [2.24, 2.45) is 5.10 Å². The highest BCUT2D eigenvalue weighted by molar-refractivity contribution is 6.32. The second-order valence-corrected chi connectivity index (χ2v) is 6.12. The first kappa shape index (κ1) is 19.4. The number of amides is 1. The summed E-state index contributed by atoms with van der Waals surface area (Å²) in [4.78, 5) is 26.8. The van der Waals surface area contributed by atoms with Crippen LogP contribution in [0.5, 0.6) is 0 Å². The number of carbonyl (C=O) groups excluding carboxylic acids is 1. The van der Waals surface area contributed by atoms with Gasteiger partial charge in [0, 0.05) is 30.2 Å². The van der Waals surface area contributed by atoms with Gasteiger partial charge in [0.05, 0.1) is 16.7 Å². The van der Waals surface area contributed by atoms with E-state index in [4.69, 9.17) is 16.3 Å². The number of nitrogens with zero attached hydrogens (tertiary/aromatic N) is 3. The lowest BCUT2D eigenvalue weighted by Crippen LogP contribution is -2.26. The smallest absolute Gasteiger partial charge is 0.273 e. The summed E-state index contributed by atoms with van der Waals surface area (Å²) < 4.78 is 5.23. The fourth-order valence-electron chi connectivity index (χ4n) is 2.60. The Morgan fingerprint density at radius 3 is 2.71 bits per heavy atom. The quantitative estimate of drug-likeness (QED) is 0.295. The van der Waals surface area contributed by atoms with Gasteiger partial charge in [-0.25, -0.2) is 10.4 Å². The van der Waals surface area contributed by atoms with Crippen molar-refractivity contribution >= 4 is 40.3 Å². The van der Waals surface area contributed by atoms with Gasteiger partial charge in [0.15, 0.2) is 6.10 Å². The third-order valence-electron chi connectivity index (χ3n) is 3.95. The molecule has 0 saturated heterocycles. The van der Waals surface area contributed by atoms with Gasteiger partial charge in [0.2, 0.25) is 0 Å². The van der Waals surface area contributed by atoms with Crippen LogP contribution < -0.4 is 5.43 Å². The van der Waals surface area contributed by atoms with Crippen LogP contribution in [0.3, 0.4) is 0 Å². The summed E-state index contributed by atoms with van der Waals surface area (Å²) in [7, 11) is 1.43. The molecular formula is C19H15ClN4O4. The molecule has 0 bridgehead atoms. The van der Waals surface area contributed by atoms with Gasteiger partial charge in [-0.1, -0.05) is 41.9 Å². The number of rotatable bonds is 6. The fraction of sp³-hybridized carbons (Fsp3) is 0.105. The topological polar surface area (TPSA) is 107 Å². The van der Waals surface area contributed by atoms with Crippen molar-refractivity contribution in [2.75, 3.05) is 7.11 Å². The molecule has 8 nitrogen and oxygen atoms in total. The molecule has 0 aliphatic carbocycles. The molecule has 28 heavy (non-hydrogen) atoms. The number of methoxy groups -OCH3 is 1. The summed E-state index contributed by atoms with van der Waals surface area (Å²) in [5, 5.41) is 15.5. The van der Waals surface area contributed by atoms with Crippen LogP contribution >= 0.6 is 11.6 Å². The number of halogens is 1. The number of fused-ring (bicyclic) bond motifs is 1. The van der Waals surface area contributed by atoms with Gasteiger partial charge >= 0.3 is 0 Å². The number of carbonyl (C=O) groups is 1. The minimum atomic E-state index is -0.802. The third kappa shape index (κ3) is 4.30. The molecule has 0 unspecified atom stereocenters. The molecule has 3 rings (SSSR count). The second kappa shape index (κ2) is 8.55. The predicted octanol–water partition coefficient (Wildman–Crippen LogP) is 3.63. The number of non-ortho nitro benzene ring substituents is 1. The Balaban J connectivity index is 1.77. The summed E-state index contributed by atoms with van der Waals surface area (Å²) in [6.07, 6.45) is 0.551. The van der Waals surface area contributed by atoms with Crippen molar-refractivity contribution in [2.45, 2.75) is 6.10 Å². The molecular weight excluding hydrogens is 384 g/mol. The zero-order chi connectivity index (χ0) is 20.1. The van der Waals surface area contributed by atoms with Gasteiger partial charge in [-0.2, -0.15) is 5.10 Å². The largest absolute Gasteiger partial charge is 0.367 e. The summed E-state index contributed by atoms with van der Waals surface area (Å²) in [5.41, 5.74) is 3.88. The zero-order valence-corrected chi connectivity index (χ0v) is 15.5. The van der Waals surface area contributed by atoms with Gasteiger partial charge in [-0.05, 0) is 17.7 Å². The van der Waals surface area contributed by atoms with Crippen LogP contribution in [0.15, 0.2) is 59.7 Å². The SMILES string of the molecule is CO[C@@H](C(=O)N/N=C\c1cc2ccc([N+](=O)[O-])cc2nc1Cl)c1ccccc1. The van der Waals surface area contributed by atoms with E-state index in [-0.39, 0.29) is 10.8 Å². The van der Waals surface area contributed by atoms with Crippen LogP contribution in [-0.4, -0.2) is 29.1 Å². The number of benzene rings is 2. The number of aromatic nitrogens is 1. The van der Waals surface area contributed by atoms with Crippen molar-refractivity contribution < 1.29 is 14.5 Å². The van der Waals surface area contributed by atoms with E-state index < -0.39 is 16.9 Å². The van der Waals surface area contributed by atoms with Crippen molar-refractivity contribution in [3.8, 4) is 0 Å². The Kier molecular flexibility index (Phi) is 5.93. The van der Waals surface area contributed by atoms with E-state index in [2.05, 4.69) is 15.5 Å². The molecule has 0 aliphatic heterocycles. The lowest BCUT2D eigenvalue weighted by molar-refractivity contribution is -0.384. The number of nitro groups is 1. The number of nitro benzene ring substituents is 1. The molecule has 0 saturated carbocycles. The highest BCUT2D eigenvalue weighted by atomic mass is 35.5. The Morgan fingerprint density at radius 2 is 2.04 bits per heavy atom. The maximum atomic E-state index is 12.3. The number of nitrogens with one attached hydrogen (secondary N) is 1. The monoisotopic (exact) mass is 398 g/mol. The summed E-state index contributed by atoms with van der Waals surface area (Å²) >= 11 is 6.13. The molecule has 1 amide bonds. The van der Waals surface area contributed by atoms with Crippen LogP contribution in [0.1, 0.15) is 17.2 Å². The van der Waals surface area contributed by atoms with Crippen LogP contribution in [0.4, 0.5) is 5.69 Å². The molecule has 0 fully saturated rings. The first-order chi connectivity index (χ1) is 13.5. The van der Waals surface area contributed by atoms with Crippen molar-refractivity contribution in [1.82, 2.24) is 10.4 Å². The normalized spacial score (nSPS) is 12.2. The molecule has 3 aromatic rings. The number of hydrazone groups is 1. The van der Waals surface area contributed by atoms with Gasteiger partial charge < -0.3 is 4.74 Å². The molecule has 1 atom stereocenters. The number of hydrogen-bond acceptors (Lipinski definition) is 6. The average molecular weight is 399 g/mol. The number of pyridine rings is 1. The van der Waals surface area contributed by atoms with E-state index in [9.17, 15) is 14.9 Å². The molecule has 0 spiro atoms. The molecule has 2 aromatic carbocycles. The molecule has 0 radical (unpaired) electrons. The lowest BCUT2D eigenvalue weighted by Gasteiger charge is -2.13. The van der Waals surface area contributed by atoms with Crippen LogP contribution in [0.25, 0.3) is 10.9 Å². The van der Waals surface area contributed by atoms with Crippen molar-refractivity contribution in [3.05, 3.63) is 81.0 Å². The minimum absolute atomic E-state index is 0.0729. The van der Waals surface area contributed by atoms with E-state index in [1.807, 2.05) is 18.2 Å². The highest BCUT2D eigenvalue weighted by Gasteiger charge is 2.19. The Hall–Kier alpha value is -3.36. The Labute approximate surface area is 164 Å². The molecule has 9 heteroatoms. The van der Waals surface area contributed by atoms with E-state index in [0.717, 1.165) is 0 Å². The van der Waals surface area contributed by atoms with Crippen molar-refractivity contribution in [1.29, 1.82) is 0 Å². The Morgan fingerprint density at radius 1 is 1.29 bits per heavy atom. The van der Waals surface area contributed by atoms with Gasteiger partial charge in [-0.3, -0.25) is 14.9 Å². The molecule has 1 heterocycles. The third-order valence-corrected chi connectivity index (χ3v) is 4.25. The maximum absolute atomic E-state index is 12.3. The van der Waals surface area contributed by atoms with Crippen molar-refractivity contribution in [3.63, 3.8) is 0 Å². The zero-order valence-electron chi connectivity index (χ0n) is 14.7. The first-order valence-electron chi connectivity index (χ1n) is 8.15. The van der Waals surface area contributed by atoms with Gasteiger partial charge in [0.25, 0.3) is 11.6 Å². The summed E-state index contributed by atoms with van der Waals surface area (Å²) in [6, 6.07) is 15.0. The summed E-state index contributed by atoms with van der Waals surface area (Å²) in [5.74, 6) is -0.439. The average Bonchev–Trinajstić information content (AvgIpc) is 2.69. The number of hydrogen-bond donors (Lipinski definition) is 1.